The number of nitrogens with one attached hydrogen (secondary N) is 2. The monoisotopic (exact) mass is 487 g/mol. The number of aliphatic hydroxyl groups is 1. The molecule has 0 unspecified atom stereocenters. The van der Waals surface area contributed by atoms with Crippen LogP contribution >= 0.6 is 11.6 Å². The largest absolute Gasteiger partial charge is 0.487 e. The Morgan fingerprint density at radius 2 is 2.15 bits per heavy atom. The summed E-state index contributed by atoms with van der Waals surface area (Å²) in [5, 5.41) is 19.9. The maximum Gasteiger partial charge on any atom is 0.487 e. The fourth-order valence-electron chi connectivity index (χ4n) is 3.96. The van der Waals surface area contributed by atoms with Gasteiger partial charge in [0.05, 0.1) is 23.7 Å². The molecule has 0 bridgehead atoms. The van der Waals surface area contributed by atoms with Gasteiger partial charge in [-0.1, -0.05) is 6.08 Å². The van der Waals surface area contributed by atoms with Crippen molar-refractivity contribution in [1.29, 1.82) is 5.41 Å². The molecule has 1 aliphatic heterocycles. The van der Waals surface area contributed by atoms with E-state index in [0.717, 1.165) is 11.9 Å². The molecule has 0 saturated heterocycles. The van der Waals surface area contributed by atoms with E-state index in [9.17, 15) is 18.7 Å². The number of hydrogen-bond acceptors (Lipinski definition) is 5. The van der Waals surface area contributed by atoms with Gasteiger partial charge in [0, 0.05) is 34.6 Å². The van der Waals surface area contributed by atoms with E-state index < -0.39 is 11.5 Å². The number of rotatable bonds is 7. The highest BCUT2D eigenvalue weighted by molar-refractivity contribution is 6.20. The molecule has 176 valence electrons. The van der Waals surface area contributed by atoms with Crippen molar-refractivity contribution in [1.82, 2.24) is 9.55 Å². The van der Waals surface area contributed by atoms with Crippen LogP contribution in [0.15, 0.2) is 47.5 Å². The predicted octanol–water partition coefficient (Wildman–Crippen LogP) is 4.76. The van der Waals surface area contributed by atoms with Crippen LogP contribution in [0.1, 0.15) is 34.2 Å². The molecule has 34 heavy (non-hydrogen) atoms. The number of anilines is 1. The van der Waals surface area contributed by atoms with Gasteiger partial charge in [-0.15, -0.1) is 8.78 Å². The molecule has 1 aliphatic rings. The Balaban J connectivity index is 1.71. The fraction of sp³-hybridized carbons (Fsp3) is 0.217. The lowest BCUT2D eigenvalue weighted by Crippen LogP contribution is -2.16. The predicted molar refractivity (Wildman–Crippen MR) is 126 cm³/mol. The van der Waals surface area contributed by atoms with Gasteiger partial charge in [-0.05, 0) is 55.3 Å². The Hall–Kier alpha value is -3.63. The molecule has 3 N–H and O–H groups in total. The lowest BCUT2D eigenvalue weighted by molar-refractivity contribution is -0.0964. The lowest BCUT2D eigenvalue weighted by atomic mass is 10.0. The minimum absolute atomic E-state index is 0.0885. The van der Waals surface area contributed by atoms with Crippen molar-refractivity contribution in [3.05, 3.63) is 59.4 Å². The summed E-state index contributed by atoms with van der Waals surface area (Å²) in [5.74, 6) is 0.103. The molecule has 8 nitrogen and oxygen atoms in total. The standard InChI is InChI=1S/C23H20ClF2N5O3/c1-13-29-20-9-15(22(33)30-16-3-6-18(7-4-16)34-23(24,25)26)8-19-14(10-28-12-27)2-5-17(11-32)31(13)21(19)20/h2-4,6-10,12,17,27,32H,5,11H2,1H3,(H,30,33)/t17-/m1/s1. The molecule has 0 aliphatic carbocycles. The zero-order valence-corrected chi connectivity index (χ0v) is 18.7. The molecule has 4 rings (SSSR count). The van der Waals surface area contributed by atoms with Crippen LogP contribution in [0.3, 0.4) is 0 Å². The van der Waals surface area contributed by atoms with Gasteiger partial charge in [-0.3, -0.25) is 10.2 Å². The summed E-state index contributed by atoms with van der Waals surface area (Å²) < 4.78 is 31.8. The Bertz CT molecular complexity index is 1310. The highest BCUT2D eigenvalue weighted by Gasteiger charge is 2.27. The van der Waals surface area contributed by atoms with Gasteiger partial charge in [0.25, 0.3) is 5.91 Å². The number of hydrogen-bond donors (Lipinski definition) is 3. The van der Waals surface area contributed by atoms with Crippen LogP contribution in [0.4, 0.5) is 14.5 Å². The minimum Gasteiger partial charge on any atom is -0.420 e. The first-order chi connectivity index (χ1) is 16.2. The molecule has 11 heteroatoms. The smallest absolute Gasteiger partial charge is 0.420 e. The first-order valence-corrected chi connectivity index (χ1v) is 10.6. The van der Waals surface area contributed by atoms with Crippen LogP contribution in [0, 0.1) is 12.3 Å². The van der Waals surface area contributed by atoms with E-state index >= 15 is 0 Å². The maximum absolute atomic E-state index is 13.0. The molecule has 2 aromatic carbocycles. The maximum atomic E-state index is 13.0. The van der Waals surface area contributed by atoms with Crippen molar-refractivity contribution in [2.75, 3.05) is 11.9 Å². The third-order valence-electron chi connectivity index (χ3n) is 5.35. The Kier molecular flexibility index (Phi) is 6.45. The van der Waals surface area contributed by atoms with Crippen LogP contribution < -0.4 is 10.1 Å². The van der Waals surface area contributed by atoms with Gasteiger partial charge in [-0.25, -0.2) is 9.98 Å². The first kappa shape index (κ1) is 23.5. The molecule has 0 fully saturated rings. The number of imidazole rings is 1. The van der Waals surface area contributed by atoms with Gasteiger partial charge >= 0.3 is 5.57 Å². The van der Waals surface area contributed by atoms with Crippen molar-refractivity contribution in [2.24, 2.45) is 4.99 Å². The number of carbonyl (C=O) groups is 1. The SMILES string of the molecule is Cc1nc2cc(C(=O)Nc3ccc(OC(F)(F)Cl)cc3)cc3c2n1[C@@H](CO)CC=C3C=NC=N. The van der Waals surface area contributed by atoms with Crippen LogP contribution in [0.2, 0.25) is 0 Å². The van der Waals surface area contributed by atoms with E-state index in [1.807, 2.05) is 17.6 Å². The summed E-state index contributed by atoms with van der Waals surface area (Å²) in [6, 6.07) is 8.47. The minimum atomic E-state index is -3.83. The third-order valence-corrected chi connectivity index (χ3v) is 5.43. The van der Waals surface area contributed by atoms with Gasteiger partial charge in [0.2, 0.25) is 0 Å². The van der Waals surface area contributed by atoms with E-state index in [1.54, 1.807) is 12.1 Å². The highest BCUT2D eigenvalue weighted by Crippen LogP contribution is 2.35. The summed E-state index contributed by atoms with van der Waals surface area (Å²) in [6.07, 6.45) is 4.87. The van der Waals surface area contributed by atoms with Crippen molar-refractivity contribution in [3.8, 4) is 5.75 Å². The number of halogens is 3. The van der Waals surface area contributed by atoms with Crippen LogP contribution in [-0.2, 0) is 0 Å². The number of benzene rings is 2. The molecule has 0 spiro atoms. The number of aliphatic imine (C=N–C) groups is 1. The van der Waals surface area contributed by atoms with Gasteiger partial charge < -0.3 is 19.7 Å². The Morgan fingerprint density at radius 3 is 2.79 bits per heavy atom. The van der Waals surface area contributed by atoms with Crippen molar-refractivity contribution in [2.45, 2.75) is 25.0 Å². The fourth-order valence-corrected chi connectivity index (χ4v) is 4.05. The number of ether oxygens (including phenoxy) is 1. The van der Waals surface area contributed by atoms with Crippen LogP contribution in [0.5, 0.6) is 5.75 Å². The lowest BCUT2D eigenvalue weighted by Gasteiger charge is -2.16. The van der Waals surface area contributed by atoms with Crippen molar-refractivity contribution in [3.63, 3.8) is 0 Å². The third kappa shape index (κ3) is 4.82. The zero-order chi connectivity index (χ0) is 24.5. The number of carbonyl (C=O) groups excluding carboxylic acids is 1. The highest BCUT2D eigenvalue weighted by atomic mass is 35.5. The van der Waals surface area contributed by atoms with Crippen LogP contribution in [0.25, 0.3) is 16.6 Å². The molecular weight excluding hydrogens is 468 g/mol. The quantitative estimate of drug-likeness (QED) is 0.253. The summed E-state index contributed by atoms with van der Waals surface area (Å²) in [5.41, 5.74) is -0.426. The second kappa shape index (κ2) is 9.32. The Morgan fingerprint density at radius 1 is 1.41 bits per heavy atom. The summed E-state index contributed by atoms with van der Waals surface area (Å²) >= 11 is 4.77. The van der Waals surface area contributed by atoms with Crippen molar-refractivity contribution < 1.29 is 23.4 Å². The van der Waals surface area contributed by atoms with E-state index in [1.165, 1.54) is 30.5 Å². The topological polar surface area (TPSA) is 113 Å². The van der Waals surface area contributed by atoms with E-state index in [2.05, 4.69) is 20.0 Å². The number of aliphatic hydroxyl groups excluding tert-OH is 1. The van der Waals surface area contributed by atoms with Gasteiger partial charge in [-0.2, -0.15) is 0 Å². The summed E-state index contributed by atoms with van der Waals surface area (Å²) in [4.78, 5) is 21.5. The number of amides is 1. The number of aryl methyl sites for hydroxylation is 1. The molecule has 0 saturated carbocycles. The zero-order valence-electron chi connectivity index (χ0n) is 17.9. The van der Waals surface area contributed by atoms with E-state index in [0.29, 0.717) is 40.1 Å². The summed E-state index contributed by atoms with van der Waals surface area (Å²) in [7, 11) is 0. The van der Waals surface area contributed by atoms with Crippen LogP contribution in [-0.4, -0.2) is 45.3 Å². The number of allylic oxidation sites excluding steroid dienone is 2. The molecule has 1 amide bonds. The van der Waals surface area contributed by atoms with E-state index in [-0.39, 0.29) is 18.4 Å². The molecule has 3 aromatic rings. The van der Waals surface area contributed by atoms with E-state index in [4.69, 9.17) is 17.0 Å². The van der Waals surface area contributed by atoms with Gasteiger partial charge in [0.15, 0.2) is 0 Å². The Labute approximate surface area is 198 Å². The second-order valence-corrected chi connectivity index (χ2v) is 8.03. The normalized spacial score (nSPS) is 15.8. The number of alkyl halides is 3. The number of aromatic nitrogens is 2. The summed E-state index contributed by atoms with van der Waals surface area (Å²) in [6.45, 7) is 1.74. The van der Waals surface area contributed by atoms with Gasteiger partial charge in [0.1, 0.15) is 17.9 Å². The molecule has 0 radical (unpaired) electrons. The average Bonchev–Trinajstić information content (AvgIpc) is 3.02. The molecule has 1 aromatic heterocycles. The molecule has 2 heterocycles. The second-order valence-electron chi connectivity index (χ2n) is 7.59. The average molecular weight is 488 g/mol. The molecule has 1 atom stereocenters. The first-order valence-electron chi connectivity index (χ1n) is 10.2. The van der Waals surface area contributed by atoms with Crippen molar-refractivity contribution >= 4 is 52.4 Å². The molecular formula is C23H20ClF2N5O3. The number of nitrogens with zero attached hydrogens (tertiary/aromatic N) is 3.